The molecule has 0 aliphatic rings. The van der Waals surface area contributed by atoms with Crippen molar-refractivity contribution in [2.75, 3.05) is 11.9 Å². The molecule has 0 radical (unpaired) electrons. The predicted octanol–water partition coefficient (Wildman–Crippen LogP) is 2.55. The summed E-state index contributed by atoms with van der Waals surface area (Å²) in [5.74, 6) is -0.569. The minimum Gasteiger partial charge on any atom is -0.382 e. The highest BCUT2D eigenvalue weighted by Gasteiger charge is 2.38. The van der Waals surface area contributed by atoms with E-state index < -0.39 is 30.2 Å². The molecule has 3 aromatic rings. The number of aromatic amines is 1. The van der Waals surface area contributed by atoms with Crippen LogP contribution in [-0.4, -0.2) is 33.9 Å². The topological polar surface area (TPSA) is 78.0 Å². The standard InChI is InChI=1S/C15H11F4N3O2/c16-7-1-2-10-9(5-7)12-8(3-4-20-14(12)24)13(22-10)21-6-11(23)15(17,18)19/h1-5,11,23H,6H2,(H,20,24)(H,21,22). The van der Waals surface area contributed by atoms with Gasteiger partial charge in [-0.05, 0) is 24.3 Å². The van der Waals surface area contributed by atoms with Gasteiger partial charge in [0.15, 0.2) is 6.10 Å². The zero-order valence-corrected chi connectivity index (χ0v) is 12.0. The fourth-order valence-corrected chi connectivity index (χ4v) is 2.37. The molecule has 1 atom stereocenters. The van der Waals surface area contributed by atoms with Gasteiger partial charge >= 0.3 is 6.18 Å². The van der Waals surface area contributed by atoms with E-state index >= 15 is 0 Å². The number of hydrogen-bond acceptors (Lipinski definition) is 4. The molecule has 1 unspecified atom stereocenters. The number of aromatic nitrogens is 2. The normalized spacial score (nSPS) is 13.4. The first-order valence-corrected chi connectivity index (χ1v) is 6.86. The first-order valence-electron chi connectivity index (χ1n) is 6.86. The van der Waals surface area contributed by atoms with Crippen molar-refractivity contribution in [3.63, 3.8) is 0 Å². The number of H-pyrrole nitrogens is 1. The summed E-state index contributed by atoms with van der Waals surface area (Å²) in [7, 11) is 0. The van der Waals surface area contributed by atoms with Gasteiger partial charge in [0, 0.05) is 17.0 Å². The lowest BCUT2D eigenvalue weighted by atomic mass is 10.1. The van der Waals surface area contributed by atoms with E-state index in [2.05, 4.69) is 15.3 Å². The number of hydrogen-bond donors (Lipinski definition) is 3. The van der Waals surface area contributed by atoms with Gasteiger partial charge in [-0.25, -0.2) is 9.37 Å². The molecule has 0 aliphatic carbocycles. The Balaban J connectivity index is 2.15. The molecule has 0 saturated carbocycles. The smallest absolute Gasteiger partial charge is 0.382 e. The van der Waals surface area contributed by atoms with Gasteiger partial charge in [0.2, 0.25) is 0 Å². The SMILES string of the molecule is O=c1[nH]ccc2c(NCC(O)C(F)(F)F)nc3ccc(F)cc3c12. The number of rotatable bonds is 3. The number of fused-ring (bicyclic) bond motifs is 3. The van der Waals surface area contributed by atoms with Gasteiger partial charge in [0.25, 0.3) is 5.56 Å². The molecule has 0 fully saturated rings. The maximum atomic E-state index is 13.5. The highest BCUT2D eigenvalue weighted by Crippen LogP contribution is 2.28. The van der Waals surface area contributed by atoms with Crippen LogP contribution < -0.4 is 10.9 Å². The number of benzene rings is 1. The Morgan fingerprint density at radius 2 is 2.00 bits per heavy atom. The van der Waals surface area contributed by atoms with E-state index in [0.717, 1.165) is 12.1 Å². The third-order valence-electron chi connectivity index (χ3n) is 3.52. The van der Waals surface area contributed by atoms with Crippen LogP contribution in [0.2, 0.25) is 0 Å². The van der Waals surface area contributed by atoms with Crippen LogP contribution in [-0.2, 0) is 0 Å². The van der Waals surface area contributed by atoms with Crippen molar-refractivity contribution < 1.29 is 22.7 Å². The number of halogens is 4. The van der Waals surface area contributed by atoms with Crippen LogP contribution >= 0.6 is 0 Å². The van der Waals surface area contributed by atoms with Crippen molar-refractivity contribution in [3.8, 4) is 0 Å². The van der Waals surface area contributed by atoms with Crippen LogP contribution in [0.5, 0.6) is 0 Å². The summed E-state index contributed by atoms with van der Waals surface area (Å²) in [5.41, 5.74) is -0.283. The zero-order chi connectivity index (χ0) is 17.5. The second-order valence-electron chi connectivity index (χ2n) is 5.16. The monoisotopic (exact) mass is 341 g/mol. The maximum Gasteiger partial charge on any atom is 0.416 e. The molecule has 0 saturated heterocycles. The summed E-state index contributed by atoms with van der Waals surface area (Å²) in [4.78, 5) is 18.7. The molecule has 2 heterocycles. The summed E-state index contributed by atoms with van der Waals surface area (Å²) < 4.78 is 50.7. The van der Waals surface area contributed by atoms with Crippen molar-refractivity contribution in [2.24, 2.45) is 0 Å². The third-order valence-corrected chi connectivity index (χ3v) is 3.52. The number of nitrogens with one attached hydrogen (secondary N) is 2. The molecule has 3 N–H and O–H groups in total. The van der Waals surface area contributed by atoms with Crippen molar-refractivity contribution in [3.05, 3.63) is 46.6 Å². The maximum absolute atomic E-state index is 13.5. The summed E-state index contributed by atoms with van der Waals surface area (Å²) in [6, 6.07) is 5.03. The lowest BCUT2D eigenvalue weighted by molar-refractivity contribution is -0.198. The molecule has 126 valence electrons. The lowest BCUT2D eigenvalue weighted by Gasteiger charge is -2.16. The Bertz CT molecular complexity index is 968. The van der Waals surface area contributed by atoms with E-state index in [-0.39, 0.29) is 27.5 Å². The van der Waals surface area contributed by atoms with Crippen LogP contribution in [0.3, 0.4) is 0 Å². The molecule has 0 spiro atoms. The summed E-state index contributed by atoms with van der Waals surface area (Å²) >= 11 is 0. The average molecular weight is 341 g/mol. The molecular formula is C15H11F4N3O2. The highest BCUT2D eigenvalue weighted by molar-refractivity contribution is 6.09. The zero-order valence-electron chi connectivity index (χ0n) is 12.0. The van der Waals surface area contributed by atoms with Crippen LogP contribution in [0.15, 0.2) is 35.3 Å². The van der Waals surface area contributed by atoms with Gasteiger partial charge < -0.3 is 15.4 Å². The molecule has 0 aliphatic heterocycles. The molecular weight excluding hydrogens is 330 g/mol. The molecule has 1 aromatic carbocycles. The van der Waals surface area contributed by atoms with Crippen LogP contribution in [0.25, 0.3) is 21.7 Å². The molecule has 0 amide bonds. The van der Waals surface area contributed by atoms with Crippen LogP contribution in [0.4, 0.5) is 23.4 Å². The van der Waals surface area contributed by atoms with Crippen molar-refractivity contribution >= 4 is 27.5 Å². The van der Waals surface area contributed by atoms with E-state index in [1.165, 1.54) is 18.3 Å². The summed E-state index contributed by atoms with van der Waals surface area (Å²) in [5, 5.41) is 12.1. The molecule has 3 rings (SSSR count). The van der Waals surface area contributed by atoms with Crippen LogP contribution in [0, 0.1) is 5.82 Å². The Morgan fingerprint density at radius 1 is 1.25 bits per heavy atom. The van der Waals surface area contributed by atoms with Crippen molar-refractivity contribution in [1.82, 2.24) is 9.97 Å². The number of aliphatic hydroxyl groups excluding tert-OH is 1. The Hall–Kier alpha value is -2.68. The van der Waals surface area contributed by atoms with Crippen molar-refractivity contribution in [1.29, 1.82) is 0 Å². The largest absolute Gasteiger partial charge is 0.416 e. The number of pyridine rings is 2. The number of anilines is 1. The fourth-order valence-electron chi connectivity index (χ4n) is 2.37. The Morgan fingerprint density at radius 3 is 2.71 bits per heavy atom. The highest BCUT2D eigenvalue weighted by atomic mass is 19.4. The number of nitrogens with zero attached hydrogens (tertiary/aromatic N) is 1. The first kappa shape index (κ1) is 16.2. The predicted molar refractivity (Wildman–Crippen MR) is 80.4 cm³/mol. The molecule has 24 heavy (non-hydrogen) atoms. The van der Waals surface area contributed by atoms with E-state index in [1.54, 1.807) is 0 Å². The van der Waals surface area contributed by atoms with E-state index in [1.807, 2.05) is 0 Å². The second kappa shape index (κ2) is 5.75. The quantitative estimate of drug-likeness (QED) is 0.505. The number of alkyl halides is 3. The third kappa shape index (κ3) is 2.90. The van der Waals surface area contributed by atoms with Gasteiger partial charge in [-0.2, -0.15) is 13.2 Å². The second-order valence-corrected chi connectivity index (χ2v) is 5.16. The van der Waals surface area contributed by atoms with Gasteiger partial charge in [-0.3, -0.25) is 4.79 Å². The van der Waals surface area contributed by atoms with Gasteiger partial charge in [0.05, 0.1) is 17.4 Å². The Kier molecular flexibility index (Phi) is 3.88. The van der Waals surface area contributed by atoms with E-state index in [9.17, 15) is 22.4 Å². The van der Waals surface area contributed by atoms with Gasteiger partial charge in [-0.15, -0.1) is 0 Å². The van der Waals surface area contributed by atoms with E-state index in [0.29, 0.717) is 0 Å². The fraction of sp³-hybridized carbons (Fsp3) is 0.200. The van der Waals surface area contributed by atoms with Gasteiger partial charge in [0.1, 0.15) is 11.6 Å². The summed E-state index contributed by atoms with van der Waals surface area (Å²) in [6.45, 7) is -0.828. The van der Waals surface area contributed by atoms with Crippen LogP contribution in [0.1, 0.15) is 0 Å². The number of aliphatic hydroxyl groups is 1. The lowest BCUT2D eigenvalue weighted by Crippen LogP contribution is -2.35. The van der Waals surface area contributed by atoms with Gasteiger partial charge in [-0.1, -0.05) is 0 Å². The molecule has 5 nitrogen and oxygen atoms in total. The Labute approximate surface area is 131 Å². The molecule has 9 heteroatoms. The van der Waals surface area contributed by atoms with Crippen molar-refractivity contribution in [2.45, 2.75) is 12.3 Å². The minimum absolute atomic E-state index is 0.00138. The first-order chi connectivity index (χ1) is 11.3. The average Bonchev–Trinajstić information content (AvgIpc) is 2.51. The summed E-state index contributed by atoms with van der Waals surface area (Å²) in [6.07, 6.45) is -6.05. The molecule has 0 bridgehead atoms. The van der Waals surface area contributed by atoms with E-state index in [4.69, 9.17) is 5.11 Å². The molecule has 2 aromatic heterocycles. The minimum atomic E-state index is -4.78.